The Morgan fingerprint density at radius 1 is 0.929 bits per heavy atom. The van der Waals surface area contributed by atoms with E-state index in [1.807, 2.05) is 48.5 Å². The van der Waals surface area contributed by atoms with Crippen molar-refractivity contribution in [2.45, 2.75) is 32.4 Å². The molecule has 0 unspecified atom stereocenters. The molecule has 0 aliphatic heterocycles. The number of benzene rings is 3. The summed E-state index contributed by atoms with van der Waals surface area (Å²) in [5.74, 6) is -0.178. The number of hydrogen-bond donors (Lipinski definition) is 1. The van der Waals surface area contributed by atoms with Crippen molar-refractivity contribution >= 4 is 22.6 Å². The summed E-state index contributed by atoms with van der Waals surface area (Å²) < 4.78 is 0. The average Bonchev–Trinajstić information content (AvgIpc) is 2.75. The van der Waals surface area contributed by atoms with Gasteiger partial charge in [0, 0.05) is 20.0 Å². The molecular formula is C24H26N2O2. The molecule has 0 aliphatic rings. The molecule has 4 nitrogen and oxygen atoms in total. The SMILES string of the molecule is CNC(=O)[C@@H](C)N(Cc1ccccc1)C(=O)CCc1cccc2ccccc12. The first-order valence-electron chi connectivity index (χ1n) is 9.62. The van der Waals surface area contributed by atoms with Gasteiger partial charge in [0.1, 0.15) is 6.04 Å². The lowest BCUT2D eigenvalue weighted by Crippen LogP contribution is -2.46. The number of aryl methyl sites for hydroxylation is 1. The molecule has 0 saturated heterocycles. The molecule has 28 heavy (non-hydrogen) atoms. The van der Waals surface area contributed by atoms with Gasteiger partial charge in [0.15, 0.2) is 0 Å². The summed E-state index contributed by atoms with van der Waals surface area (Å²) in [7, 11) is 1.60. The highest BCUT2D eigenvalue weighted by molar-refractivity contribution is 5.88. The Morgan fingerprint density at radius 3 is 2.36 bits per heavy atom. The van der Waals surface area contributed by atoms with Crippen LogP contribution in [-0.4, -0.2) is 29.8 Å². The summed E-state index contributed by atoms with van der Waals surface area (Å²) in [5.41, 5.74) is 2.16. The molecule has 0 aromatic heterocycles. The van der Waals surface area contributed by atoms with E-state index in [2.05, 4.69) is 29.6 Å². The lowest BCUT2D eigenvalue weighted by Gasteiger charge is -2.28. The lowest BCUT2D eigenvalue weighted by molar-refractivity contribution is -0.140. The fourth-order valence-electron chi connectivity index (χ4n) is 3.47. The molecule has 2 amide bonds. The third-order valence-corrected chi connectivity index (χ3v) is 5.10. The molecule has 0 aliphatic carbocycles. The van der Waals surface area contributed by atoms with Crippen molar-refractivity contribution in [2.24, 2.45) is 0 Å². The molecule has 3 aromatic carbocycles. The summed E-state index contributed by atoms with van der Waals surface area (Å²) in [5, 5.41) is 5.00. The van der Waals surface area contributed by atoms with Gasteiger partial charge in [0.05, 0.1) is 0 Å². The van der Waals surface area contributed by atoms with Crippen molar-refractivity contribution in [1.82, 2.24) is 10.2 Å². The van der Waals surface area contributed by atoms with Crippen LogP contribution in [0.4, 0.5) is 0 Å². The van der Waals surface area contributed by atoms with E-state index in [4.69, 9.17) is 0 Å². The topological polar surface area (TPSA) is 49.4 Å². The van der Waals surface area contributed by atoms with E-state index in [0.717, 1.165) is 11.1 Å². The van der Waals surface area contributed by atoms with Gasteiger partial charge in [-0.25, -0.2) is 0 Å². The van der Waals surface area contributed by atoms with Crippen LogP contribution in [0.1, 0.15) is 24.5 Å². The summed E-state index contributed by atoms with van der Waals surface area (Å²) in [4.78, 5) is 26.9. The van der Waals surface area contributed by atoms with Crippen molar-refractivity contribution in [3.05, 3.63) is 83.9 Å². The van der Waals surface area contributed by atoms with Gasteiger partial charge in [-0.15, -0.1) is 0 Å². The van der Waals surface area contributed by atoms with Crippen molar-refractivity contribution in [2.75, 3.05) is 7.05 Å². The molecule has 3 rings (SSSR count). The molecule has 0 saturated carbocycles. The van der Waals surface area contributed by atoms with Crippen LogP contribution < -0.4 is 5.32 Å². The van der Waals surface area contributed by atoms with E-state index in [1.165, 1.54) is 10.8 Å². The van der Waals surface area contributed by atoms with E-state index in [-0.39, 0.29) is 11.8 Å². The minimum absolute atomic E-state index is 0.0205. The van der Waals surface area contributed by atoms with Gasteiger partial charge in [-0.2, -0.15) is 0 Å². The number of nitrogens with zero attached hydrogens (tertiary/aromatic N) is 1. The van der Waals surface area contributed by atoms with E-state index in [1.54, 1.807) is 18.9 Å². The second-order valence-corrected chi connectivity index (χ2v) is 6.94. The van der Waals surface area contributed by atoms with Crippen LogP contribution in [0.5, 0.6) is 0 Å². The van der Waals surface area contributed by atoms with Crippen molar-refractivity contribution < 1.29 is 9.59 Å². The predicted molar refractivity (Wildman–Crippen MR) is 113 cm³/mol. The number of amides is 2. The zero-order valence-electron chi connectivity index (χ0n) is 16.4. The molecule has 3 aromatic rings. The standard InChI is InChI=1S/C24H26N2O2/c1-18(24(28)25-2)26(17-19-9-4-3-5-10-19)23(27)16-15-21-13-8-12-20-11-6-7-14-22(20)21/h3-14,18H,15-17H2,1-2H3,(H,25,28)/t18-/m1/s1. The number of likely N-dealkylation sites (N-methyl/N-ethyl adjacent to an activating group) is 1. The monoisotopic (exact) mass is 374 g/mol. The lowest BCUT2D eigenvalue weighted by atomic mass is 10.0. The molecule has 0 bridgehead atoms. The number of nitrogens with one attached hydrogen (secondary N) is 1. The van der Waals surface area contributed by atoms with Crippen LogP contribution in [0.3, 0.4) is 0 Å². The van der Waals surface area contributed by atoms with Crippen LogP contribution in [0, 0.1) is 0 Å². The summed E-state index contributed by atoms with van der Waals surface area (Å²) >= 11 is 0. The molecule has 0 heterocycles. The smallest absolute Gasteiger partial charge is 0.242 e. The Balaban J connectivity index is 1.77. The Bertz CT molecular complexity index is 948. The maximum absolute atomic E-state index is 13.1. The number of rotatable bonds is 7. The van der Waals surface area contributed by atoms with Crippen LogP contribution >= 0.6 is 0 Å². The Kier molecular flexibility index (Phi) is 6.43. The quantitative estimate of drug-likeness (QED) is 0.681. The van der Waals surface area contributed by atoms with Crippen molar-refractivity contribution in [1.29, 1.82) is 0 Å². The van der Waals surface area contributed by atoms with E-state index in [0.29, 0.717) is 19.4 Å². The molecule has 4 heteroatoms. The van der Waals surface area contributed by atoms with Crippen LogP contribution in [-0.2, 0) is 22.6 Å². The van der Waals surface area contributed by atoms with Gasteiger partial charge in [0.2, 0.25) is 11.8 Å². The minimum Gasteiger partial charge on any atom is -0.357 e. The zero-order chi connectivity index (χ0) is 19.9. The first kappa shape index (κ1) is 19.6. The number of carbonyl (C=O) groups excluding carboxylic acids is 2. The summed E-state index contributed by atoms with van der Waals surface area (Å²) in [6, 6.07) is 23.6. The summed E-state index contributed by atoms with van der Waals surface area (Å²) in [6.07, 6.45) is 1.01. The Hall–Kier alpha value is -3.14. The number of hydrogen-bond acceptors (Lipinski definition) is 2. The van der Waals surface area contributed by atoms with Crippen LogP contribution in [0.15, 0.2) is 72.8 Å². The van der Waals surface area contributed by atoms with Crippen LogP contribution in [0.2, 0.25) is 0 Å². The van der Waals surface area contributed by atoms with Gasteiger partial charge in [0.25, 0.3) is 0 Å². The highest BCUT2D eigenvalue weighted by Crippen LogP contribution is 2.20. The Morgan fingerprint density at radius 2 is 1.61 bits per heavy atom. The maximum Gasteiger partial charge on any atom is 0.242 e. The fraction of sp³-hybridized carbons (Fsp3) is 0.250. The zero-order valence-corrected chi connectivity index (χ0v) is 16.4. The van der Waals surface area contributed by atoms with Gasteiger partial charge >= 0.3 is 0 Å². The second kappa shape index (κ2) is 9.18. The first-order valence-corrected chi connectivity index (χ1v) is 9.62. The number of carbonyl (C=O) groups is 2. The highest BCUT2D eigenvalue weighted by atomic mass is 16.2. The second-order valence-electron chi connectivity index (χ2n) is 6.94. The molecule has 1 N–H and O–H groups in total. The Labute approximate surface area is 166 Å². The maximum atomic E-state index is 13.1. The van der Waals surface area contributed by atoms with E-state index < -0.39 is 6.04 Å². The van der Waals surface area contributed by atoms with Gasteiger partial charge in [-0.05, 0) is 35.2 Å². The fourth-order valence-corrected chi connectivity index (χ4v) is 3.47. The summed E-state index contributed by atoms with van der Waals surface area (Å²) in [6.45, 7) is 2.20. The minimum atomic E-state index is -0.523. The predicted octanol–water partition coefficient (Wildman–Crippen LogP) is 3.94. The van der Waals surface area contributed by atoms with E-state index >= 15 is 0 Å². The van der Waals surface area contributed by atoms with Crippen molar-refractivity contribution in [3.63, 3.8) is 0 Å². The highest BCUT2D eigenvalue weighted by Gasteiger charge is 2.25. The molecule has 0 radical (unpaired) electrons. The molecule has 0 fully saturated rings. The molecule has 0 spiro atoms. The first-order chi connectivity index (χ1) is 13.6. The van der Waals surface area contributed by atoms with Gasteiger partial charge < -0.3 is 10.2 Å². The number of fused-ring (bicyclic) bond motifs is 1. The van der Waals surface area contributed by atoms with Gasteiger partial charge in [-0.3, -0.25) is 9.59 Å². The molecule has 1 atom stereocenters. The third kappa shape index (κ3) is 4.58. The van der Waals surface area contributed by atoms with Gasteiger partial charge in [-0.1, -0.05) is 72.8 Å². The molecule has 144 valence electrons. The van der Waals surface area contributed by atoms with Crippen LogP contribution in [0.25, 0.3) is 10.8 Å². The third-order valence-electron chi connectivity index (χ3n) is 5.10. The largest absolute Gasteiger partial charge is 0.357 e. The normalized spacial score (nSPS) is 11.8. The molecular weight excluding hydrogens is 348 g/mol. The van der Waals surface area contributed by atoms with E-state index in [9.17, 15) is 9.59 Å². The van der Waals surface area contributed by atoms with Crippen molar-refractivity contribution in [3.8, 4) is 0 Å². The average molecular weight is 374 g/mol.